The van der Waals surface area contributed by atoms with Crippen LogP contribution in [0.15, 0.2) is 48.4 Å². The lowest BCUT2D eigenvalue weighted by Gasteiger charge is -2.18. The van der Waals surface area contributed by atoms with Crippen molar-refractivity contribution in [2.24, 2.45) is 0 Å². The maximum Gasteiger partial charge on any atom is 0.222 e. The number of rotatable bonds is 9. The summed E-state index contributed by atoms with van der Waals surface area (Å²) >= 11 is 3.72. The van der Waals surface area contributed by atoms with Crippen molar-refractivity contribution in [2.75, 3.05) is 37.2 Å². The first-order chi connectivity index (χ1) is 21.9. The van der Waals surface area contributed by atoms with Crippen LogP contribution >= 0.6 is 33.9 Å². The minimum atomic E-state index is 0.106. The van der Waals surface area contributed by atoms with Gasteiger partial charge >= 0.3 is 0 Å². The summed E-state index contributed by atoms with van der Waals surface area (Å²) in [6.07, 6.45) is 4.74. The highest BCUT2D eigenvalue weighted by molar-refractivity contribution is 14.1. The Morgan fingerprint density at radius 3 is 1.59 bits per heavy atom. The first kappa shape index (κ1) is 34.2. The van der Waals surface area contributed by atoms with Gasteiger partial charge in [0.25, 0.3) is 0 Å². The van der Waals surface area contributed by atoms with Crippen LogP contribution in [0.4, 0.5) is 23.5 Å². The molecule has 0 atom stereocenters. The van der Waals surface area contributed by atoms with Crippen molar-refractivity contribution in [3.63, 3.8) is 0 Å². The van der Waals surface area contributed by atoms with Crippen LogP contribution < -0.4 is 41.9 Å². The van der Waals surface area contributed by atoms with Gasteiger partial charge in [-0.25, -0.2) is 9.97 Å². The summed E-state index contributed by atoms with van der Waals surface area (Å²) in [4.78, 5) is 20.8. The predicted molar refractivity (Wildman–Crippen MR) is 190 cm³/mol. The zero-order valence-electron chi connectivity index (χ0n) is 26.2. The summed E-state index contributed by atoms with van der Waals surface area (Å²) in [5.74, 6) is 4.80. The molecule has 46 heavy (non-hydrogen) atoms. The molecular formula is C31H36IN9O4S. The van der Waals surface area contributed by atoms with E-state index in [9.17, 15) is 0 Å². The van der Waals surface area contributed by atoms with E-state index in [1.165, 1.54) is 23.7 Å². The normalized spacial score (nSPS) is 10.8. The third-order valence-electron chi connectivity index (χ3n) is 6.60. The monoisotopic (exact) mass is 757 g/mol. The first-order valence-corrected chi connectivity index (χ1v) is 16.0. The van der Waals surface area contributed by atoms with Crippen molar-refractivity contribution >= 4 is 57.5 Å². The molecule has 5 aromatic rings. The van der Waals surface area contributed by atoms with Gasteiger partial charge in [-0.2, -0.15) is 9.97 Å². The molecule has 5 rings (SSSR count). The van der Waals surface area contributed by atoms with Gasteiger partial charge in [0.15, 0.2) is 23.1 Å². The SMILES string of the molecule is COc1cc(C(C)C)c(Oc2cnc(N)nc2N)cc1-c1cncs1.COc1cc(C(C)C)c(Oc2cnc(N)nc2N)cc1I. The number of halogens is 1. The van der Waals surface area contributed by atoms with Gasteiger partial charge in [0, 0.05) is 22.9 Å². The summed E-state index contributed by atoms with van der Waals surface area (Å²) < 4.78 is 23.8. The van der Waals surface area contributed by atoms with Crippen molar-refractivity contribution < 1.29 is 18.9 Å². The summed E-state index contributed by atoms with van der Waals surface area (Å²) in [5.41, 5.74) is 27.4. The van der Waals surface area contributed by atoms with Crippen molar-refractivity contribution in [3.05, 3.63) is 63.1 Å². The summed E-state index contributed by atoms with van der Waals surface area (Å²) in [7, 11) is 3.30. The topological polar surface area (TPSA) is 205 Å². The average molecular weight is 758 g/mol. The number of methoxy groups -OCH3 is 2. The lowest BCUT2D eigenvalue weighted by molar-refractivity contribution is 0.407. The number of ether oxygens (including phenoxy) is 4. The molecule has 0 fully saturated rings. The van der Waals surface area contributed by atoms with E-state index in [2.05, 4.69) is 75.2 Å². The zero-order valence-corrected chi connectivity index (χ0v) is 29.2. The number of aromatic nitrogens is 5. The fourth-order valence-corrected chi connectivity index (χ4v) is 5.57. The van der Waals surface area contributed by atoms with E-state index in [1.807, 2.05) is 24.3 Å². The minimum Gasteiger partial charge on any atom is -0.496 e. The molecule has 2 aromatic carbocycles. The van der Waals surface area contributed by atoms with Crippen LogP contribution in [0, 0.1) is 3.57 Å². The van der Waals surface area contributed by atoms with E-state index in [1.54, 1.807) is 25.9 Å². The van der Waals surface area contributed by atoms with E-state index >= 15 is 0 Å². The van der Waals surface area contributed by atoms with E-state index in [0.29, 0.717) is 23.0 Å². The molecule has 0 aliphatic carbocycles. The zero-order chi connectivity index (χ0) is 33.5. The van der Waals surface area contributed by atoms with Crippen LogP contribution in [0.25, 0.3) is 10.4 Å². The fourth-order valence-electron chi connectivity index (χ4n) is 4.26. The Hall–Kier alpha value is -4.64. The highest BCUT2D eigenvalue weighted by Gasteiger charge is 2.19. The molecule has 0 aliphatic heterocycles. The molecule has 0 radical (unpaired) electrons. The van der Waals surface area contributed by atoms with Crippen molar-refractivity contribution in [1.82, 2.24) is 24.9 Å². The van der Waals surface area contributed by atoms with Gasteiger partial charge < -0.3 is 41.9 Å². The number of anilines is 4. The second-order valence-corrected chi connectivity index (χ2v) is 12.5. The van der Waals surface area contributed by atoms with Crippen LogP contribution in [0.5, 0.6) is 34.5 Å². The Balaban J connectivity index is 0.000000212. The number of hydrogen-bond acceptors (Lipinski definition) is 14. The predicted octanol–water partition coefficient (Wildman–Crippen LogP) is 6.86. The quantitative estimate of drug-likeness (QED) is 0.114. The summed E-state index contributed by atoms with van der Waals surface area (Å²) in [6.45, 7) is 8.32. The molecule has 3 aromatic heterocycles. The van der Waals surface area contributed by atoms with Crippen LogP contribution in [-0.4, -0.2) is 39.1 Å². The number of benzene rings is 2. The Morgan fingerprint density at radius 2 is 1.15 bits per heavy atom. The maximum atomic E-state index is 6.02. The number of nitrogens with two attached hydrogens (primary N) is 4. The van der Waals surface area contributed by atoms with Gasteiger partial charge in [-0.15, -0.1) is 11.3 Å². The molecule has 0 spiro atoms. The maximum absolute atomic E-state index is 6.02. The fraction of sp³-hybridized carbons (Fsp3) is 0.258. The standard InChI is InChI=1S/C17H19N5O2S.C14H17IN4O2/c1-9(2)10-4-12(23-3)11(15-7-20-8-25-15)5-13(10)24-14-6-21-17(19)22-16(14)18;1-7(2)8-4-11(20-3)9(15)5-10(8)21-12-6-18-14(17)19-13(12)16/h4-9H,1-3H3,(H4,18,19,21,22);4-7H,1-3H3,(H4,16,17,18,19). The number of nitrogens with zero attached hydrogens (tertiary/aromatic N) is 5. The molecule has 0 amide bonds. The van der Waals surface area contributed by atoms with Crippen LogP contribution in [0.2, 0.25) is 0 Å². The highest BCUT2D eigenvalue weighted by Crippen LogP contribution is 2.42. The molecule has 0 unspecified atom stereocenters. The molecule has 0 bridgehead atoms. The van der Waals surface area contributed by atoms with Gasteiger partial charge in [0.05, 0.1) is 40.6 Å². The third-order valence-corrected chi connectivity index (χ3v) is 8.25. The van der Waals surface area contributed by atoms with Crippen LogP contribution in [-0.2, 0) is 0 Å². The molecule has 0 saturated carbocycles. The van der Waals surface area contributed by atoms with E-state index in [0.717, 1.165) is 36.6 Å². The summed E-state index contributed by atoms with van der Waals surface area (Å²) in [6, 6.07) is 7.78. The van der Waals surface area contributed by atoms with Crippen molar-refractivity contribution in [3.8, 4) is 44.9 Å². The highest BCUT2D eigenvalue weighted by atomic mass is 127. The van der Waals surface area contributed by atoms with E-state index in [4.69, 9.17) is 41.9 Å². The Labute approximate surface area is 284 Å². The average Bonchev–Trinajstić information content (AvgIpc) is 3.55. The molecule has 0 aliphatic rings. The molecule has 242 valence electrons. The Bertz CT molecular complexity index is 1800. The molecule has 8 N–H and O–H groups in total. The second kappa shape index (κ2) is 15.1. The molecule has 13 nitrogen and oxygen atoms in total. The lowest BCUT2D eigenvalue weighted by Crippen LogP contribution is -2.03. The van der Waals surface area contributed by atoms with E-state index in [-0.39, 0.29) is 35.4 Å². The number of thiazole rings is 1. The van der Waals surface area contributed by atoms with Gasteiger partial charge in [0.2, 0.25) is 11.9 Å². The van der Waals surface area contributed by atoms with Gasteiger partial charge in [-0.1, -0.05) is 27.7 Å². The van der Waals surface area contributed by atoms with Crippen molar-refractivity contribution in [1.29, 1.82) is 0 Å². The Kier molecular flexibility index (Phi) is 11.2. The minimum absolute atomic E-state index is 0.106. The van der Waals surface area contributed by atoms with Gasteiger partial charge in [-0.05, 0) is 58.7 Å². The number of nitrogen functional groups attached to an aromatic ring is 4. The number of hydrogen-bond donors (Lipinski definition) is 4. The van der Waals surface area contributed by atoms with Crippen LogP contribution in [0.1, 0.15) is 50.7 Å². The first-order valence-electron chi connectivity index (χ1n) is 14.0. The third kappa shape index (κ3) is 8.14. The largest absolute Gasteiger partial charge is 0.496 e. The van der Waals surface area contributed by atoms with Crippen LogP contribution in [0.3, 0.4) is 0 Å². The smallest absolute Gasteiger partial charge is 0.222 e. The second-order valence-electron chi connectivity index (χ2n) is 10.4. The molecule has 0 saturated heterocycles. The Morgan fingerprint density at radius 1 is 0.652 bits per heavy atom. The molecule has 15 heteroatoms. The summed E-state index contributed by atoms with van der Waals surface area (Å²) in [5, 5.41) is 0. The van der Waals surface area contributed by atoms with E-state index < -0.39 is 0 Å². The van der Waals surface area contributed by atoms with Gasteiger partial charge in [0.1, 0.15) is 23.0 Å². The molecule has 3 heterocycles. The van der Waals surface area contributed by atoms with Crippen molar-refractivity contribution in [2.45, 2.75) is 39.5 Å². The van der Waals surface area contributed by atoms with Gasteiger partial charge in [-0.3, -0.25) is 4.98 Å². The lowest BCUT2D eigenvalue weighted by atomic mass is 9.99. The molecular weight excluding hydrogens is 721 g/mol.